The Morgan fingerprint density at radius 3 is 2.75 bits per heavy atom. The first-order valence-corrected chi connectivity index (χ1v) is 4.32. The Kier molecular flexibility index (Phi) is 2.25. The van der Waals surface area contributed by atoms with E-state index >= 15 is 0 Å². The van der Waals surface area contributed by atoms with Crippen molar-refractivity contribution in [2.24, 2.45) is 0 Å². The molecule has 66 valence electrons. The number of hydrogen-bond acceptors (Lipinski definition) is 5. The summed E-state index contributed by atoms with van der Waals surface area (Å²) in [6, 6.07) is 0.961. The maximum absolute atomic E-state index is 10.5. The Morgan fingerprint density at radius 1 is 1.58 bits per heavy atom. The summed E-state index contributed by atoms with van der Waals surface area (Å²) in [6.45, 7) is 0. The molecule has 1 aromatic heterocycles. The second-order valence-corrected chi connectivity index (χ2v) is 3.23. The average molecular weight is 190 g/mol. The van der Waals surface area contributed by atoms with Crippen molar-refractivity contribution in [3.05, 3.63) is 12.3 Å². The first-order chi connectivity index (χ1) is 5.54. The zero-order valence-corrected chi connectivity index (χ0v) is 6.95. The van der Waals surface area contributed by atoms with E-state index in [4.69, 9.17) is 4.55 Å². The third-order valence-corrected chi connectivity index (χ3v) is 1.81. The first-order valence-electron chi connectivity index (χ1n) is 2.88. The number of rotatable bonds is 2. The van der Waals surface area contributed by atoms with Crippen molar-refractivity contribution in [2.45, 2.75) is 5.03 Å². The van der Waals surface area contributed by atoms with Crippen LogP contribution in [0.5, 0.6) is 6.01 Å². The largest absolute Gasteiger partial charge is 0.467 e. The van der Waals surface area contributed by atoms with Crippen LogP contribution in [0.3, 0.4) is 0 Å². The van der Waals surface area contributed by atoms with Gasteiger partial charge in [-0.05, 0) is 6.07 Å². The molecule has 0 fully saturated rings. The number of aromatic nitrogens is 2. The molecular formula is C5H6N2O4S. The van der Waals surface area contributed by atoms with Crippen LogP contribution in [0.25, 0.3) is 0 Å². The second kappa shape index (κ2) is 3.03. The van der Waals surface area contributed by atoms with Gasteiger partial charge in [-0.3, -0.25) is 4.55 Å². The molecular weight excluding hydrogens is 184 g/mol. The lowest BCUT2D eigenvalue weighted by molar-refractivity contribution is 0.373. The zero-order valence-electron chi connectivity index (χ0n) is 6.13. The monoisotopic (exact) mass is 190 g/mol. The van der Waals surface area contributed by atoms with Crippen LogP contribution in [0.1, 0.15) is 0 Å². The molecule has 0 spiro atoms. The Balaban J connectivity index is 3.20. The van der Waals surface area contributed by atoms with Gasteiger partial charge in [0.2, 0.25) is 0 Å². The van der Waals surface area contributed by atoms with Gasteiger partial charge in [0, 0.05) is 6.20 Å². The van der Waals surface area contributed by atoms with E-state index in [1.807, 2.05) is 0 Å². The van der Waals surface area contributed by atoms with E-state index in [0.29, 0.717) is 0 Å². The number of hydrogen-bond donors (Lipinski definition) is 1. The van der Waals surface area contributed by atoms with Gasteiger partial charge in [-0.25, -0.2) is 4.98 Å². The van der Waals surface area contributed by atoms with Gasteiger partial charge in [-0.15, -0.1) is 0 Å². The lowest BCUT2D eigenvalue weighted by Gasteiger charge is -1.97. The van der Waals surface area contributed by atoms with Crippen molar-refractivity contribution >= 4 is 10.1 Å². The van der Waals surface area contributed by atoms with Crippen LogP contribution < -0.4 is 4.74 Å². The summed E-state index contributed by atoms with van der Waals surface area (Å²) < 4.78 is 34.1. The minimum absolute atomic E-state index is 0.106. The smallest absolute Gasteiger partial charge is 0.317 e. The molecule has 0 atom stereocenters. The fourth-order valence-corrected chi connectivity index (χ4v) is 0.993. The highest BCUT2D eigenvalue weighted by atomic mass is 32.2. The summed E-state index contributed by atoms with van der Waals surface area (Å²) in [5, 5.41) is -0.477. The zero-order chi connectivity index (χ0) is 9.19. The maximum Gasteiger partial charge on any atom is 0.317 e. The van der Waals surface area contributed by atoms with Gasteiger partial charge in [0.05, 0.1) is 7.11 Å². The van der Waals surface area contributed by atoms with Crippen LogP contribution >= 0.6 is 0 Å². The molecule has 0 unspecified atom stereocenters. The molecule has 0 radical (unpaired) electrons. The minimum Gasteiger partial charge on any atom is -0.467 e. The molecule has 1 N–H and O–H groups in total. The number of methoxy groups -OCH3 is 1. The van der Waals surface area contributed by atoms with Gasteiger partial charge in [-0.2, -0.15) is 13.4 Å². The van der Waals surface area contributed by atoms with E-state index in [1.165, 1.54) is 13.3 Å². The van der Waals surface area contributed by atoms with Crippen molar-refractivity contribution in [1.29, 1.82) is 0 Å². The molecule has 7 heteroatoms. The van der Waals surface area contributed by atoms with E-state index in [1.54, 1.807) is 0 Å². The topological polar surface area (TPSA) is 89.4 Å². The third kappa shape index (κ3) is 1.89. The molecule has 0 saturated carbocycles. The standard InChI is InChI=1S/C5H6N2O4S/c1-11-5-6-3-2-4(7-5)12(8,9)10/h2-3H,1H3,(H,8,9,10). The lowest BCUT2D eigenvalue weighted by Crippen LogP contribution is -2.03. The van der Waals surface area contributed by atoms with Gasteiger partial charge in [0.15, 0.2) is 5.03 Å². The quantitative estimate of drug-likeness (QED) is 0.510. The molecule has 1 heterocycles. The Morgan fingerprint density at radius 2 is 2.25 bits per heavy atom. The highest BCUT2D eigenvalue weighted by Crippen LogP contribution is 2.06. The molecule has 0 aliphatic carbocycles. The molecule has 0 aromatic carbocycles. The van der Waals surface area contributed by atoms with E-state index in [0.717, 1.165) is 6.07 Å². The summed E-state index contributed by atoms with van der Waals surface area (Å²) in [5.41, 5.74) is 0. The minimum atomic E-state index is -4.27. The van der Waals surface area contributed by atoms with Crippen LogP contribution in [0.15, 0.2) is 17.3 Å². The average Bonchev–Trinajstić information content (AvgIpc) is 2.03. The first kappa shape index (κ1) is 8.88. The van der Waals surface area contributed by atoms with Gasteiger partial charge >= 0.3 is 16.1 Å². The van der Waals surface area contributed by atoms with Gasteiger partial charge in [-0.1, -0.05) is 0 Å². The molecule has 1 aromatic rings. The molecule has 0 bridgehead atoms. The van der Waals surface area contributed by atoms with Gasteiger partial charge in [0.1, 0.15) is 0 Å². The Hall–Kier alpha value is -1.21. The predicted octanol–water partition coefficient (Wildman–Crippen LogP) is -0.268. The van der Waals surface area contributed by atoms with Crippen molar-refractivity contribution in [3.63, 3.8) is 0 Å². The summed E-state index contributed by atoms with van der Waals surface area (Å²) in [7, 11) is -2.97. The number of nitrogens with zero attached hydrogens (tertiary/aromatic N) is 2. The van der Waals surface area contributed by atoms with Crippen LogP contribution in [0, 0.1) is 0 Å². The predicted molar refractivity (Wildman–Crippen MR) is 38.4 cm³/mol. The SMILES string of the molecule is COc1nccc(S(=O)(=O)O)n1. The van der Waals surface area contributed by atoms with E-state index < -0.39 is 15.1 Å². The van der Waals surface area contributed by atoms with E-state index in [-0.39, 0.29) is 6.01 Å². The van der Waals surface area contributed by atoms with Gasteiger partial charge in [0.25, 0.3) is 0 Å². The highest BCUT2D eigenvalue weighted by Gasteiger charge is 2.11. The molecule has 0 aliphatic heterocycles. The maximum atomic E-state index is 10.5. The fraction of sp³-hybridized carbons (Fsp3) is 0.200. The molecule has 1 rings (SSSR count). The molecule has 6 nitrogen and oxygen atoms in total. The summed E-state index contributed by atoms with van der Waals surface area (Å²) in [5.74, 6) is 0. The molecule has 0 aliphatic rings. The Labute approximate surface area is 69.0 Å². The van der Waals surface area contributed by atoms with E-state index in [9.17, 15) is 8.42 Å². The summed E-state index contributed by atoms with van der Waals surface area (Å²) in [4.78, 5) is 6.95. The van der Waals surface area contributed by atoms with Crippen LogP contribution in [-0.2, 0) is 10.1 Å². The lowest BCUT2D eigenvalue weighted by atomic mass is 10.7. The van der Waals surface area contributed by atoms with Crippen molar-refractivity contribution in [3.8, 4) is 6.01 Å². The van der Waals surface area contributed by atoms with Crippen molar-refractivity contribution < 1.29 is 17.7 Å². The second-order valence-electron chi connectivity index (χ2n) is 1.86. The van der Waals surface area contributed by atoms with Crippen molar-refractivity contribution in [1.82, 2.24) is 9.97 Å². The van der Waals surface area contributed by atoms with Crippen LogP contribution in [-0.4, -0.2) is 30.0 Å². The fourth-order valence-electron chi connectivity index (χ4n) is 0.567. The Bertz CT molecular complexity index is 375. The van der Waals surface area contributed by atoms with E-state index in [2.05, 4.69) is 14.7 Å². The number of ether oxygens (including phenoxy) is 1. The highest BCUT2D eigenvalue weighted by molar-refractivity contribution is 7.85. The summed E-state index contributed by atoms with van der Waals surface area (Å²) in [6.07, 6.45) is 1.18. The normalized spacial score (nSPS) is 11.2. The van der Waals surface area contributed by atoms with Crippen LogP contribution in [0.4, 0.5) is 0 Å². The van der Waals surface area contributed by atoms with Gasteiger partial charge < -0.3 is 4.74 Å². The molecule has 0 amide bonds. The summed E-state index contributed by atoms with van der Waals surface area (Å²) >= 11 is 0. The van der Waals surface area contributed by atoms with Crippen molar-refractivity contribution in [2.75, 3.05) is 7.11 Å². The van der Waals surface area contributed by atoms with Crippen LogP contribution in [0.2, 0.25) is 0 Å². The molecule has 0 saturated heterocycles. The molecule has 12 heavy (non-hydrogen) atoms. The third-order valence-electron chi connectivity index (χ3n) is 1.05.